The summed E-state index contributed by atoms with van der Waals surface area (Å²) in [4.78, 5) is 6.94. The molecule has 25 heavy (non-hydrogen) atoms. The van der Waals surface area contributed by atoms with Gasteiger partial charge in [0.15, 0.2) is 11.5 Å². The van der Waals surface area contributed by atoms with Crippen LogP contribution >= 0.6 is 0 Å². The van der Waals surface area contributed by atoms with E-state index in [1.807, 2.05) is 25.2 Å². The summed E-state index contributed by atoms with van der Waals surface area (Å²) in [6.45, 7) is 4.27. The Morgan fingerprint density at radius 2 is 2.04 bits per heavy atom. The highest BCUT2D eigenvalue weighted by Crippen LogP contribution is 2.35. The van der Waals surface area contributed by atoms with E-state index in [0.717, 1.165) is 49.2 Å². The Morgan fingerprint density at radius 1 is 1.20 bits per heavy atom. The van der Waals surface area contributed by atoms with Crippen molar-refractivity contribution in [1.29, 1.82) is 0 Å². The van der Waals surface area contributed by atoms with Gasteiger partial charge in [0.05, 0.1) is 6.54 Å². The SMILES string of the molecule is CNCCC1CCN(Cc2nc(-c3ccc4c(c3)OCO4)no2)CC1. The molecule has 1 fully saturated rings. The summed E-state index contributed by atoms with van der Waals surface area (Å²) in [6, 6.07) is 5.70. The maximum absolute atomic E-state index is 5.45. The van der Waals surface area contributed by atoms with Gasteiger partial charge in [0.25, 0.3) is 0 Å². The lowest BCUT2D eigenvalue weighted by Gasteiger charge is -2.30. The molecule has 0 atom stereocenters. The highest BCUT2D eigenvalue weighted by molar-refractivity contribution is 5.61. The van der Waals surface area contributed by atoms with Crippen molar-refractivity contribution in [2.75, 3.05) is 33.5 Å². The first-order valence-electron chi connectivity index (χ1n) is 8.91. The van der Waals surface area contributed by atoms with Gasteiger partial charge in [0.1, 0.15) is 0 Å². The molecular formula is C18H24N4O3. The number of likely N-dealkylation sites (tertiary alicyclic amines) is 1. The first-order valence-corrected chi connectivity index (χ1v) is 8.91. The van der Waals surface area contributed by atoms with E-state index < -0.39 is 0 Å². The molecule has 0 saturated carbocycles. The number of hydrogen-bond donors (Lipinski definition) is 1. The number of piperidine rings is 1. The van der Waals surface area contributed by atoms with Crippen LogP contribution in [0.5, 0.6) is 11.5 Å². The minimum Gasteiger partial charge on any atom is -0.454 e. The molecule has 1 aromatic heterocycles. The second-order valence-corrected chi connectivity index (χ2v) is 6.69. The minimum atomic E-state index is 0.264. The van der Waals surface area contributed by atoms with Crippen molar-refractivity contribution in [1.82, 2.24) is 20.4 Å². The van der Waals surface area contributed by atoms with Crippen molar-refractivity contribution in [2.24, 2.45) is 5.92 Å². The molecule has 1 saturated heterocycles. The molecule has 0 bridgehead atoms. The average Bonchev–Trinajstić information content (AvgIpc) is 3.29. The van der Waals surface area contributed by atoms with Crippen LogP contribution in [0.2, 0.25) is 0 Å². The lowest BCUT2D eigenvalue weighted by molar-refractivity contribution is 0.155. The zero-order chi connectivity index (χ0) is 17.1. The topological polar surface area (TPSA) is 72.7 Å². The quantitative estimate of drug-likeness (QED) is 0.862. The van der Waals surface area contributed by atoms with Gasteiger partial charge in [-0.05, 0) is 70.1 Å². The minimum absolute atomic E-state index is 0.264. The smallest absolute Gasteiger partial charge is 0.241 e. The molecule has 0 aliphatic carbocycles. The molecule has 7 heteroatoms. The molecule has 0 amide bonds. The van der Waals surface area contributed by atoms with E-state index >= 15 is 0 Å². The molecule has 0 unspecified atom stereocenters. The second-order valence-electron chi connectivity index (χ2n) is 6.69. The molecule has 1 aromatic carbocycles. The number of rotatable bonds is 6. The van der Waals surface area contributed by atoms with Crippen LogP contribution in [-0.2, 0) is 6.54 Å². The molecule has 0 spiro atoms. The van der Waals surface area contributed by atoms with Gasteiger partial charge < -0.3 is 19.3 Å². The third kappa shape index (κ3) is 3.77. The van der Waals surface area contributed by atoms with Gasteiger partial charge in [-0.25, -0.2) is 0 Å². The van der Waals surface area contributed by atoms with E-state index in [9.17, 15) is 0 Å². The molecule has 7 nitrogen and oxygen atoms in total. The van der Waals surface area contributed by atoms with E-state index in [-0.39, 0.29) is 6.79 Å². The molecule has 1 N–H and O–H groups in total. The summed E-state index contributed by atoms with van der Waals surface area (Å²) in [7, 11) is 2.02. The van der Waals surface area contributed by atoms with Gasteiger partial charge in [-0.2, -0.15) is 4.98 Å². The molecule has 2 aromatic rings. The van der Waals surface area contributed by atoms with E-state index in [4.69, 9.17) is 14.0 Å². The summed E-state index contributed by atoms with van der Waals surface area (Å²) in [5, 5.41) is 7.35. The first-order chi connectivity index (χ1) is 12.3. The fraction of sp³-hybridized carbons (Fsp3) is 0.556. The Hall–Kier alpha value is -2.12. The second kappa shape index (κ2) is 7.41. The van der Waals surface area contributed by atoms with Crippen LogP contribution < -0.4 is 14.8 Å². The molecule has 3 heterocycles. The highest BCUT2D eigenvalue weighted by atomic mass is 16.7. The van der Waals surface area contributed by atoms with Gasteiger partial charge in [-0.3, -0.25) is 4.90 Å². The Morgan fingerprint density at radius 3 is 2.88 bits per heavy atom. The van der Waals surface area contributed by atoms with Crippen LogP contribution in [0.3, 0.4) is 0 Å². The third-order valence-electron chi connectivity index (χ3n) is 4.97. The third-order valence-corrected chi connectivity index (χ3v) is 4.97. The average molecular weight is 344 g/mol. The zero-order valence-electron chi connectivity index (χ0n) is 14.5. The standard InChI is InChI=1S/C18H24N4O3/c1-19-7-4-13-5-8-22(9-6-13)11-17-20-18(21-25-17)14-2-3-15-16(10-14)24-12-23-15/h2-3,10,13,19H,4-9,11-12H2,1H3. The Balaban J connectivity index is 1.34. The monoisotopic (exact) mass is 344 g/mol. The number of nitrogens with zero attached hydrogens (tertiary/aromatic N) is 3. The van der Waals surface area contributed by atoms with E-state index in [1.54, 1.807) is 0 Å². The van der Waals surface area contributed by atoms with Crippen LogP contribution in [0.1, 0.15) is 25.2 Å². The van der Waals surface area contributed by atoms with Gasteiger partial charge in [-0.15, -0.1) is 0 Å². The fourth-order valence-electron chi connectivity index (χ4n) is 3.44. The van der Waals surface area contributed by atoms with Crippen molar-refractivity contribution in [3.8, 4) is 22.9 Å². The van der Waals surface area contributed by atoms with Gasteiger partial charge >= 0.3 is 0 Å². The number of nitrogens with one attached hydrogen (secondary N) is 1. The van der Waals surface area contributed by atoms with E-state index in [1.165, 1.54) is 19.3 Å². The van der Waals surface area contributed by atoms with E-state index in [2.05, 4.69) is 20.4 Å². The lowest BCUT2D eigenvalue weighted by Crippen LogP contribution is -2.34. The maximum Gasteiger partial charge on any atom is 0.241 e. The summed E-state index contributed by atoms with van der Waals surface area (Å²) in [5.41, 5.74) is 0.880. The van der Waals surface area contributed by atoms with Crippen LogP contribution in [0.25, 0.3) is 11.4 Å². The van der Waals surface area contributed by atoms with Crippen molar-refractivity contribution < 1.29 is 14.0 Å². The molecule has 2 aliphatic rings. The van der Waals surface area contributed by atoms with Crippen molar-refractivity contribution >= 4 is 0 Å². The first kappa shape index (κ1) is 16.4. The van der Waals surface area contributed by atoms with Gasteiger partial charge in [0.2, 0.25) is 18.5 Å². The summed E-state index contributed by atoms with van der Waals surface area (Å²) < 4.78 is 16.2. The van der Waals surface area contributed by atoms with E-state index in [0.29, 0.717) is 11.7 Å². The molecule has 0 radical (unpaired) electrons. The Labute approximate surface area is 147 Å². The summed E-state index contributed by atoms with van der Waals surface area (Å²) >= 11 is 0. The van der Waals surface area contributed by atoms with Crippen molar-refractivity contribution in [3.63, 3.8) is 0 Å². The number of benzene rings is 1. The molecule has 4 rings (SSSR count). The lowest BCUT2D eigenvalue weighted by atomic mass is 9.93. The summed E-state index contributed by atoms with van der Waals surface area (Å²) in [5.74, 6) is 3.58. The Kier molecular flexibility index (Phi) is 4.85. The number of fused-ring (bicyclic) bond motifs is 1. The van der Waals surface area contributed by atoms with Gasteiger partial charge in [0, 0.05) is 5.56 Å². The number of ether oxygens (including phenoxy) is 2. The highest BCUT2D eigenvalue weighted by Gasteiger charge is 2.21. The zero-order valence-corrected chi connectivity index (χ0v) is 14.5. The predicted molar refractivity (Wildman–Crippen MR) is 92.4 cm³/mol. The predicted octanol–water partition coefficient (Wildman–Crippen LogP) is 2.29. The summed E-state index contributed by atoms with van der Waals surface area (Å²) in [6.07, 6.45) is 3.74. The largest absolute Gasteiger partial charge is 0.454 e. The number of hydrogen-bond acceptors (Lipinski definition) is 7. The van der Waals surface area contributed by atoms with Crippen LogP contribution in [0.15, 0.2) is 22.7 Å². The van der Waals surface area contributed by atoms with Gasteiger partial charge in [-0.1, -0.05) is 5.16 Å². The van der Waals surface area contributed by atoms with Crippen LogP contribution in [0, 0.1) is 5.92 Å². The number of aromatic nitrogens is 2. The maximum atomic E-state index is 5.45. The fourth-order valence-corrected chi connectivity index (χ4v) is 3.44. The normalized spacial score (nSPS) is 18.0. The van der Waals surface area contributed by atoms with Crippen LogP contribution in [-0.4, -0.2) is 48.5 Å². The van der Waals surface area contributed by atoms with Crippen molar-refractivity contribution in [2.45, 2.75) is 25.8 Å². The van der Waals surface area contributed by atoms with Crippen molar-refractivity contribution in [3.05, 3.63) is 24.1 Å². The molecule has 2 aliphatic heterocycles. The molecule has 134 valence electrons. The Bertz CT molecular complexity index is 710. The molecular weight excluding hydrogens is 320 g/mol. The van der Waals surface area contributed by atoms with Crippen LogP contribution in [0.4, 0.5) is 0 Å².